The van der Waals surface area contributed by atoms with Crippen LogP contribution >= 0.6 is 12.4 Å². The number of anilines is 1. The third-order valence-corrected chi connectivity index (χ3v) is 6.53. The van der Waals surface area contributed by atoms with Crippen molar-refractivity contribution in [2.75, 3.05) is 24.5 Å². The molecule has 2 amide bonds. The van der Waals surface area contributed by atoms with Crippen molar-refractivity contribution >= 4 is 29.9 Å². The first-order valence-corrected chi connectivity index (χ1v) is 10.5. The average molecular weight is 406 g/mol. The summed E-state index contributed by atoms with van der Waals surface area (Å²) in [6, 6.07) is 8.71. The van der Waals surface area contributed by atoms with E-state index in [4.69, 9.17) is 0 Å². The molecule has 4 atom stereocenters. The van der Waals surface area contributed by atoms with Gasteiger partial charge in [-0.2, -0.15) is 0 Å². The van der Waals surface area contributed by atoms with Crippen molar-refractivity contribution in [1.82, 2.24) is 10.2 Å². The molecule has 0 radical (unpaired) electrons. The molecule has 1 N–H and O–H groups in total. The maximum absolute atomic E-state index is 13.6. The van der Waals surface area contributed by atoms with Gasteiger partial charge in [0.15, 0.2) is 0 Å². The minimum absolute atomic E-state index is 0. The number of fused-ring (bicyclic) bond motifs is 1. The van der Waals surface area contributed by atoms with Crippen molar-refractivity contribution < 1.29 is 9.59 Å². The number of piperazine rings is 1. The monoisotopic (exact) mass is 405 g/mol. The van der Waals surface area contributed by atoms with Crippen LogP contribution in [0.1, 0.15) is 45.1 Å². The van der Waals surface area contributed by atoms with Crippen LogP contribution in [0.2, 0.25) is 0 Å². The van der Waals surface area contributed by atoms with Crippen LogP contribution in [0.3, 0.4) is 0 Å². The van der Waals surface area contributed by atoms with Crippen molar-refractivity contribution in [3.8, 4) is 0 Å². The van der Waals surface area contributed by atoms with E-state index in [1.165, 1.54) is 5.56 Å². The zero-order valence-electron chi connectivity index (χ0n) is 16.9. The molecule has 6 heteroatoms. The standard InChI is InChI=1S/C22H31N3O2.ClH/c1-15-14-24(12-11-23-15)21(26)18-8-4-5-9-19(18)22(27)25-16(2)13-17-7-3-6-10-20(17)25;/h3,6-7,10,15-16,18-19,23H,4-5,8-9,11-14H2,1-2H3;1H. The van der Waals surface area contributed by atoms with Gasteiger partial charge in [0, 0.05) is 43.3 Å². The molecule has 4 rings (SSSR count). The quantitative estimate of drug-likeness (QED) is 0.822. The smallest absolute Gasteiger partial charge is 0.231 e. The number of carbonyl (C=O) groups excluding carboxylic acids is 2. The normalized spacial score (nSPS) is 29.8. The number of carbonyl (C=O) groups is 2. The Labute approximate surface area is 174 Å². The van der Waals surface area contributed by atoms with Gasteiger partial charge in [-0.3, -0.25) is 9.59 Å². The third kappa shape index (κ3) is 3.92. The lowest BCUT2D eigenvalue weighted by atomic mass is 9.77. The molecule has 2 heterocycles. The van der Waals surface area contributed by atoms with Gasteiger partial charge in [-0.05, 0) is 44.7 Å². The number of hydrogen-bond donors (Lipinski definition) is 1. The largest absolute Gasteiger partial charge is 0.340 e. The molecule has 28 heavy (non-hydrogen) atoms. The average Bonchev–Trinajstić information content (AvgIpc) is 3.02. The first kappa shape index (κ1) is 21.1. The Morgan fingerprint density at radius 3 is 2.43 bits per heavy atom. The summed E-state index contributed by atoms with van der Waals surface area (Å²) in [5.74, 6) is 0.0248. The number of hydrogen-bond acceptors (Lipinski definition) is 3. The van der Waals surface area contributed by atoms with Crippen molar-refractivity contribution in [3.05, 3.63) is 29.8 Å². The van der Waals surface area contributed by atoms with Gasteiger partial charge in [-0.25, -0.2) is 0 Å². The fraction of sp³-hybridized carbons (Fsp3) is 0.636. The van der Waals surface area contributed by atoms with E-state index in [-0.39, 0.29) is 42.1 Å². The fourth-order valence-corrected chi connectivity index (χ4v) is 5.17. The van der Waals surface area contributed by atoms with Gasteiger partial charge >= 0.3 is 0 Å². The van der Waals surface area contributed by atoms with Gasteiger partial charge in [0.2, 0.25) is 11.8 Å². The Balaban J connectivity index is 0.00000225. The van der Waals surface area contributed by atoms with Crippen molar-refractivity contribution in [3.63, 3.8) is 0 Å². The highest BCUT2D eigenvalue weighted by atomic mass is 35.5. The molecular formula is C22H32ClN3O2. The molecule has 1 saturated heterocycles. The predicted octanol–water partition coefficient (Wildman–Crippen LogP) is 3.01. The SMILES string of the molecule is CC1CN(C(=O)C2CCCCC2C(=O)N2c3ccccc3CC2C)CCN1.Cl. The van der Waals surface area contributed by atoms with Gasteiger partial charge in [0.25, 0.3) is 0 Å². The molecule has 2 aliphatic heterocycles. The highest BCUT2D eigenvalue weighted by Gasteiger charge is 2.43. The van der Waals surface area contributed by atoms with Crippen LogP contribution in [0.5, 0.6) is 0 Å². The van der Waals surface area contributed by atoms with E-state index in [0.29, 0.717) is 6.04 Å². The summed E-state index contributed by atoms with van der Waals surface area (Å²) in [4.78, 5) is 30.8. The molecule has 5 nitrogen and oxygen atoms in total. The summed E-state index contributed by atoms with van der Waals surface area (Å²) in [6.07, 6.45) is 4.68. The van der Waals surface area contributed by atoms with Crippen molar-refractivity contribution in [2.24, 2.45) is 11.8 Å². The van der Waals surface area contributed by atoms with E-state index in [9.17, 15) is 9.59 Å². The van der Waals surface area contributed by atoms with Crippen LogP contribution in [-0.2, 0) is 16.0 Å². The first-order valence-electron chi connectivity index (χ1n) is 10.5. The lowest BCUT2D eigenvalue weighted by molar-refractivity contribution is -0.143. The van der Waals surface area contributed by atoms with Gasteiger partial charge < -0.3 is 15.1 Å². The Morgan fingerprint density at radius 1 is 1.04 bits per heavy atom. The fourth-order valence-electron chi connectivity index (χ4n) is 5.17. The molecule has 1 saturated carbocycles. The van der Waals surface area contributed by atoms with E-state index < -0.39 is 0 Å². The number of benzene rings is 1. The lowest BCUT2D eigenvalue weighted by Gasteiger charge is -2.39. The first-order chi connectivity index (χ1) is 13.1. The number of halogens is 1. The van der Waals surface area contributed by atoms with E-state index >= 15 is 0 Å². The van der Waals surface area contributed by atoms with Crippen molar-refractivity contribution in [1.29, 1.82) is 0 Å². The lowest BCUT2D eigenvalue weighted by Crippen LogP contribution is -2.55. The molecule has 0 bridgehead atoms. The Morgan fingerprint density at radius 2 is 1.71 bits per heavy atom. The molecule has 1 aromatic carbocycles. The molecule has 2 fully saturated rings. The Bertz CT molecular complexity index is 725. The number of nitrogens with one attached hydrogen (secondary N) is 1. The van der Waals surface area contributed by atoms with E-state index in [1.807, 2.05) is 28.0 Å². The summed E-state index contributed by atoms with van der Waals surface area (Å²) in [5.41, 5.74) is 2.29. The van der Waals surface area contributed by atoms with Gasteiger partial charge in [0.05, 0.1) is 5.92 Å². The van der Waals surface area contributed by atoms with Crippen LogP contribution in [-0.4, -0.2) is 48.4 Å². The van der Waals surface area contributed by atoms with Crippen LogP contribution < -0.4 is 10.2 Å². The summed E-state index contributed by atoms with van der Waals surface area (Å²) in [5, 5.41) is 3.40. The zero-order valence-corrected chi connectivity index (χ0v) is 17.7. The Hall–Kier alpha value is -1.59. The highest BCUT2D eigenvalue weighted by molar-refractivity contribution is 6.00. The maximum Gasteiger partial charge on any atom is 0.231 e. The van der Waals surface area contributed by atoms with Crippen LogP contribution in [0.25, 0.3) is 0 Å². The third-order valence-electron chi connectivity index (χ3n) is 6.53. The zero-order chi connectivity index (χ0) is 19.0. The van der Waals surface area contributed by atoms with Gasteiger partial charge in [-0.15, -0.1) is 12.4 Å². The van der Waals surface area contributed by atoms with E-state index in [0.717, 1.165) is 57.4 Å². The summed E-state index contributed by atoms with van der Waals surface area (Å²) in [7, 11) is 0. The second-order valence-corrected chi connectivity index (χ2v) is 8.53. The highest BCUT2D eigenvalue weighted by Crippen LogP contribution is 2.38. The minimum atomic E-state index is -0.176. The topological polar surface area (TPSA) is 52.7 Å². The van der Waals surface area contributed by atoms with Crippen LogP contribution in [0.15, 0.2) is 24.3 Å². The van der Waals surface area contributed by atoms with Crippen LogP contribution in [0.4, 0.5) is 5.69 Å². The second kappa shape index (κ2) is 8.83. The predicted molar refractivity (Wildman–Crippen MR) is 114 cm³/mol. The maximum atomic E-state index is 13.6. The molecule has 0 aromatic heterocycles. The van der Waals surface area contributed by atoms with Crippen LogP contribution in [0, 0.1) is 11.8 Å². The second-order valence-electron chi connectivity index (χ2n) is 8.53. The summed E-state index contributed by atoms with van der Waals surface area (Å²) in [6.45, 7) is 6.58. The van der Waals surface area contributed by atoms with E-state index in [1.54, 1.807) is 0 Å². The van der Waals surface area contributed by atoms with E-state index in [2.05, 4.69) is 25.2 Å². The molecular weight excluding hydrogens is 374 g/mol. The summed E-state index contributed by atoms with van der Waals surface area (Å²) >= 11 is 0. The van der Waals surface area contributed by atoms with Gasteiger partial charge in [0.1, 0.15) is 0 Å². The number of amides is 2. The van der Waals surface area contributed by atoms with Gasteiger partial charge in [-0.1, -0.05) is 31.0 Å². The molecule has 0 spiro atoms. The number of rotatable bonds is 2. The number of para-hydroxylation sites is 1. The molecule has 3 aliphatic rings. The van der Waals surface area contributed by atoms with Crippen molar-refractivity contribution in [2.45, 2.75) is 58.0 Å². The number of nitrogens with zero attached hydrogens (tertiary/aromatic N) is 2. The summed E-state index contributed by atoms with van der Waals surface area (Å²) < 4.78 is 0. The molecule has 1 aromatic rings. The molecule has 4 unspecified atom stereocenters. The molecule has 1 aliphatic carbocycles. The Kier molecular flexibility index (Phi) is 6.66. The minimum Gasteiger partial charge on any atom is -0.340 e. The molecule has 154 valence electrons.